The maximum Gasteiger partial charge on any atom is 0.115 e. The van der Waals surface area contributed by atoms with Gasteiger partial charge in [0.15, 0.2) is 0 Å². The first-order valence-corrected chi connectivity index (χ1v) is 7.61. The summed E-state index contributed by atoms with van der Waals surface area (Å²) in [6.45, 7) is 0. The number of thiophene rings is 1. The zero-order valence-electron chi connectivity index (χ0n) is 9.68. The van der Waals surface area contributed by atoms with Gasteiger partial charge in [-0.05, 0) is 34.1 Å². The van der Waals surface area contributed by atoms with Crippen LogP contribution in [0, 0.1) is 0 Å². The molecule has 2 aromatic heterocycles. The maximum absolute atomic E-state index is 10.4. The van der Waals surface area contributed by atoms with E-state index in [1.807, 2.05) is 36.4 Å². The minimum Gasteiger partial charge on any atom is -0.383 e. The lowest BCUT2D eigenvalue weighted by atomic mass is 10.1. The van der Waals surface area contributed by atoms with E-state index < -0.39 is 6.10 Å². The molecule has 3 rings (SSSR count). The van der Waals surface area contributed by atoms with Crippen molar-refractivity contribution in [1.82, 2.24) is 4.98 Å². The van der Waals surface area contributed by atoms with Gasteiger partial charge in [0.1, 0.15) is 10.4 Å². The van der Waals surface area contributed by atoms with Crippen LogP contribution in [0.3, 0.4) is 0 Å². The molecule has 0 aliphatic heterocycles. The average Bonchev–Trinajstić information content (AvgIpc) is 2.77. The van der Waals surface area contributed by atoms with Crippen molar-refractivity contribution in [2.45, 2.75) is 6.10 Å². The lowest BCUT2D eigenvalue weighted by Gasteiger charge is -2.09. The van der Waals surface area contributed by atoms with Crippen molar-refractivity contribution in [1.29, 1.82) is 0 Å². The highest BCUT2D eigenvalue weighted by Gasteiger charge is 2.16. The monoisotopic (exact) mass is 353 g/mol. The number of hydrogen-bond donors (Lipinski definition) is 1. The summed E-state index contributed by atoms with van der Waals surface area (Å²) in [5.74, 6) is 0. The molecule has 1 unspecified atom stereocenters. The van der Waals surface area contributed by atoms with Gasteiger partial charge in [-0.25, -0.2) is 0 Å². The van der Waals surface area contributed by atoms with Crippen molar-refractivity contribution < 1.29 is 5.11 Å². The van der Waals surface area contributed by atoms with Crippen LogP contribution >= 0.6 is 38.9 Å². The number of aliphatic hydroxyl groups excluding tert-OH is 1. The summed E-state index contributed by atoms with van der Waals surface area (Å²) in [7, 11) is 0. The molecule has 96 valence electrons. The summed E-state index contributed by atoms with van der Waals surface area (Å²) < 4.78 is 1.45. The van der Waals surface area contributed by atoms with E-state index in [9.17, 15) is 5.11 Å². The zero-order valence-corrected chi connectivity index (χ0v) is 12.8. The van der Waals surface area contributed by atoms with Crippen LogP contribution in [-0.2, 0) is 0 Å². The zero-order chi connectivity index (χ0) is 13.4. The molecular formula is C14H9BrClNOS. The molecule has 5 heteroatoms. The minimum absolute atomic E-state index is 0.641. The van der Waals surface area contributed by atoms with Crippen molar-refractivity contribution in [3.05, 3.63) is 61.8 Å². The van der Waals surface area contributed by atoms with E-state index in [1.165, 1.54) is 11.3 Å². The van der Waals surface area contributed by atoms with Crippen molar-refractivity contribution in [2.75, 3.05) is 0 Å². The fourth-order valence-corrected chi connectivity index (χ4v) is 3.65. The molecule has 2 heterocycles. The molecule has 0 saturated heterocycles. The van der Waals surface area contributed by atoms with Crippen LogP contribution < -0.4 is 0 Å². The van der Waals surface area contributed by atoms with Gasteiger partial charge in [-0.2, -0.15) is 0 Å². The molecule has 19 heavy (non-hydrogen) atoms. The first-order valence-electron chi connectivity index (χ1n) is 5.62. The number of hydrogen-bond acceptors (Lipinski definition) is 3. The molecule has 0 aliphatic rings. The highest BCUT2D eigenvalue weighted by atomic mass is 79.9. The molecule has 0 radical (unpaired) electrons. The summed E-state index contributed by atoms with van der Waals surface area (Å²) in [4.78, 5) is 5.16. The van der Waals surface area contributed by atoms with Crippen LogP contribution in [0.2, 0.25) is 4.34 Å². The van der Waals surface area contributed by atoms with E-state index in [0.717, 1.165) is 25.8 Å². The standard InChI is InChI=1S/C14H9BrClNOS/c15-10-6-12(19-14(10)16)13(18)9-5-8-3-1-2-4-11(8)17-7-9/h1-7,13,18H. The molecular weight excluding hydrogens is 346 g/mol. The van der Waals surface area contributed by atoms with Gasteiger partial charge in [0.2, 0.25) is 0 Å². The Labute approximate surface area is 127 Å². The van der Waals surface area contributed by atoms with Crippen LogP contribution in [0.1, 0.15) is 16.5 Å². The van der Waals surface area contributed by atoms with Crippen molar-refractivity contribution in [2.24, 2.45) is 0 Å². The van der Waals surface area contributed by atoms with E-state index in [0.29, 0.717) is 4.34 Å². The minimum atomic E-state index is -0.703. The molecule has 3 aromatic rings. The van der Waals surface area contributed by atoms with Crippen LogP contribution in [0.4, 0.5) is 0 Å². The first-order chi connectivity index (χ1) is 9.15. The quantitative estimate of drug-likeness (QED) is 0.717. The predicted molar refractivity (Wildman–Crippen MR) is 82.8 cm³/mol. The third kappa shape index (κ3) is 2.54. The van der Waals surface area contributed by atoms with E-state index in [2.05, 4.69) is 20.9 Å². The summed E-state index contributed by atoms with van der Waals surface area (Å²) in [6, 6.07) is 11.6. The SMILES string of the molecule is OC(c1cnc2ccccc2c1)c1cc(Br)c(Cl)s1. The Balaban J connectivity index is 2.03. The van der Waals surface area contributed by atoms with Gasteiger partial charge in [0.05, 0.1) is 5.52 Å². The van der Waals surface area contributed by atoms with Gasteiger partial charge >= 0.3 is 0 Å². The molecule has 0 bridgehead atoms. The molecule has 0 amide bonds. The molecule has 1 atom stereocenters. The number of aliphatic hydroxyl groups is 1. The normalized spacial score (nSPS) is 12.8. The Morgan fingerprint density at radius 3 is 2.79 bits per heavy atom. The van der Waals surface area contributed by atoms with E-state index in [1.54, 1.807) is 6.20 Å². The summed E-state index contributed by atoms with van der Waals surface area (Å²) in [5, 5.41) is 11.4. The van der Waals surface area contributed by atoms with Gasteiger partial charge in [0, 0.05) is 26.5 Å². The Morgan fingerprint density at radius 2 is 2.05 bits per heavy atom. The first kappa shape index (κ1) is 13.1. The summed E-state index contributed by atoms with van der Waals surface area (Å²) in [5.41, 5.74) is 1.69. The van der Waals surface area contributed by atoms with Gasteiger partial charge in [0.25, 0.3) is 0 Å². The maximum atomic E-state index is 10.4. The average molecular weight is 355 g/mol. The third-order valence-electron chi connectivity index (χ3n) is 2.86. The highest BCUT2D eigenvalue weighted by molar-refractivity contribution is 9.10. The van der Waals surface area contributed by atoms with E-state index >= 15 is 0 Å². The number of rotatable bonds is 2. The topological polar surface area (TPSA) is 33.1 Å². The fourth-order valence-electron chi connectivity index (χ4n) is 1.90. The van der Waals surface area contributed by atoms with Crippen molar-refractivity contribution in [3.63, 3.8) is 0 Å². The number of fused-ring (bicyclic) bond motifs is 1. The number of benzene rings is 1. The molecule has 0 spiro atoms. The van der Waals surface area contributed by atoms with Gasteiger partial charge in [-0.15, -0.1) is 11.3 Å². The number of pyridine rings is 1. The summed E-state index contributed by atoms with van der Waals surface area (Å²) in [6.07, 6.45) is 1.00. The number of para-hydroxylation sites is 1. The summed E-state index contributed by atoms with van der Waals surface area (Å²) >= 11 is 10.7. The molecule has 2 nitrogen and oxygen atoms in total. The number of aromatic nitrogens is 1. The number of halogens is 2. The van der Waals surface area contributed by atoms with Crippen molar-refractivity contribution >= 4 is 49.8 Å². The van der Waals surface area contributed by atoms with Gasteiger partial charge in [-0.3, -0.25) is 4.98 Å². The Bertz CT molecular complexity index is 724. The van der Waals surface area contributed by atoms with Crippen LogP contribution in [0.25, 0.3) is 10.9 Å². The molecule has 1 aromatic carbocycles. The second-order valence-corrected chi connectivity index (χ2v) is 6.67. The molecule has 0 saturated carbocycles. The second kappa shape index (κ2) is 5.21. The number of nitrogens with zero attached hydrogens (tertiary/aromatic N) is 1. The second-order valence-electron chi connectivity index (χ2n) is 4.13. The molecule has 0 aliphatic carbocycles. The van der Waals surface area contributed by atoms with Crippen molar-refractivity contribution in [3.8, 4) is 0 Å². The fraction of sp³-hybridized carbons (Fsp3) is 0.0714. The predicted octanol–water partition coefficient (Wildman–Crippen LogP) is 4.79. The molecule has 0 fully saturated rings. The smallest absolute Gasteiger partial charge is 0.115 e. The Hall–Kier alpha value is -0.940. The van der Waals surface area contributed by atoms with Gasteiger partial charge in [-0.1, -0.05) is 29.8 Å². The van der Waals surface area contributed by atoms with Crippen LogP contribution in [0.15, 0.2) is 47.1 Å². The molecule has 1 N–H and O–H groups in total. The third-order valence-corrected chi connectivity index (χ3v) is 5.39. The lowest BCUT2D eigenvalue weighted by Crippen LogP contribution is -1.97. The Morgan fingerprint density at radius 1 is 1.26 bits per heavy atom. The lowest BCUT2D eigenvalue weighted by molar-refractivity contribution is 0.224. The van der Waals surface area contributed by atoms with Gasteiger partial charge < -0.3 is 5.11 Å². The Kier molecular flexibility index (Phi) is 3.58. The van der Waals surface area contributed by atoms with Crippen LogP contribution in [-0.4, -0.2) is 10.1 Å². The van der Waals surface area contributed by atoms with Crippen LogP contribution in [0.5, 0.6) is 0 Å². The largest absolute Gasteiger partial charge is 0.383 e. The van der Waals surface area contributed by atoms with E-state index in [4.69, 9.17) is 11.6 Å². The highest BCUT2D eigenvalue weighted by Crippen LogP contribution is 2.37. The van der Waals surface area contributed by atoms with E-state index in [-0.39, 0.29) is 0 Å².